The highest BCUT2D eigenvalue weighted by molar-refractivity contribution is 6.74. The molecular weight excluding hydrogens is 658 g/mol. The van der Waals surface area contributed by atoms with E-state index in [0.717, 1.165) is 23.4 Å². The fraction of sp³-hybridized carbons (Fsp3) is 0.447. The highest BCUT2D eigenvalue weighted by atomic mass is 28.4. The first kappa shape index (κ1) is 41.2. The molecule has 2 rings (SSSR count). The summed E-state index contributed by atoms with van der Waals surface area (Å²) in [4.78, 5) is 9.01. The Balaban J connectivity index is 2.34. The molecule has 0 amide bonds. The van der Waals surface area contributed by atoms with E-state index >= 15 is 0 Å². The Bertz CT molecular complexity index is 1590. The lowest BCUT2D eigenvalue weighted by molar-refractivity contribution is -0.137. The monoisotopic (exact) mass is 706 g/mol. The Kier molecular flexibility index (Phi) is 14.0. The number of halogens is 3. The maximum Gasteiger partial charge on any atom is 0.416 e. The van der Waals surface area contributed by atoms with Gasteiger partial charge in [0.15, 0.2) is 22.3 Å². The van der Waals surface area contributed by atoms with Gasteiger partial charge in [0.25, 0.3) is 5.70 Å². The minimum atomic E-state index is -4.54. The molecule has 262 valence electrons. The lowest BCUT2D eigenvalue weighted by Gasteiger charge is -2.38. The van der Waals surface area contributed by atoms with Crippen molar-refractivity contribution in [2.75, 3.05) is 31.2 Å². The molecule has 0 unspecified atom stereocenters. The molecule has 0 aliphatic heterocycles. The van der Waals surface area contributed by atoms with Crippen LogP contribution in [0.1, 0.15) is 58.2 Å². The van der Waals surface area contributed by atoms with Gasteiger partial charge in [0, 0.05) is 24.4 Å². The van der Waals surface area contributed by atoms with Crippen LogP contribution in [0.25, 0.3) is 21.3 Å². The van der Waals surface area contributed by atoms with Gasteiger partial charge in [-0.1, -0.05) is 84.0 Å². The molecule has 0 saturated carbocycles. The lowest BCUT2D eigenvalue weighted by Crippen LogP contribution is -2.44. The fourth-order valence-corrected chi connectivity index (χ4v) is 6.29. The second-order valence-corrected chi connectivity index (χ2v) is 24.5. The van der Waals surface area contributed by atoms with E-state index in [1.54, 1.807) is 18.2 Å². The van der Waals surface area contributed by atoms with E-state index in [1.807, 2.05) is 24.3 Å². The zero-order valence-electron chi connectivity index (χ0n) is 30.4. The molecule has 0 bridgehead atoms. The summed E-state index contributed by atoms with van der Waals surface area (Å²) in [7, 11) is -3.83. The van der Waals surface area contributed by atoms with Crippen LogP contribution in [0.3, 0.4) is 0 Å². The molecular formula is C38H49F3N4O2Si2. The van der Waals surface area contributed by atoms with Gasteiger partial charge in [-0.15, -0.1) is 0 Å². The summed E-state index contributed by atoms with van der Waals surface area (Å²) in [6.07, 6.45) is 0.335. The number of allylic oxidation sites excluding steroid dienone is 4. The van der Waals surface area contributed by atoms with Crippen molar-refractivity contribution in [2.45, 2.75) is 84.0 Å². The van der Waals surface area contributed by atoms with Crippen LogP contribution in [0.4, 0.5) is 18.9 Å². The second kappa shape index (κ2) is 16.7. The van der Waals surface area contributed by atoms with Gasteiger partial charge in [0.05, 0.1) is 38.0 Å². The van der Waals surface area contributed by atoms with Crippen LogP contribution in [0, 0.1) is 24.5 Å². The molecule has 0 aliphatic carbocycles. The third-order valence-electron chi connectivity index (χ3n) is 9.39. The van der Waals surface area contributed by atoms with E-state index in [9.17, 15) is 18.4 Å². The van der Waals surface area contributed by atoms with E-state index in [4.69, 9.17) is 22.0 Å². The zero-order chi connectivity index (χ0) is 37.3. The Labute approximate surface area is 293 Å². The number of anilines is 1. The van der Waals surface area contributed by atoms with Gasteiger partial charge in [-0.05, 0) is 71.7 Å². The number of nitrogens with zero attached hydrogens (tertiary/aromatic N) is 4. The van der Waals surface area contributed by atoms with E-state index in [2.05, 4.69) is 82.3 Å². The Morgan fingerprint density at radius 2 is 1.31 bits per heavy atom. The van der Waals surface area contributed by atoms with Crippen molar-refractivity contribution < 1.29 is 22.0 Å². The third kappa shape index (κ3) is 11.6. The Morgan fingerprint density at radius 1 is 0.816 bits per heavy atom. The quantitative estimate of drug-likeness (QED) is 0.0900. The van der Waals surface area contributed by atoms with Crippen molar-refractivity contribution in [3.8, 4) is 6.07 Å². The molecule has 6 nitrogen and oxygen atoms in total. The highest BCUT2D eigenvalue weighted by Crippen LogP contribution is 2.38. The number of hydrogen-bond donors (Lipinski definition) is 0. The molecule has 0 spiro atoms. The van der Waals surface area contributed by atoms with Gasteiger partial charge >= 0.3 is 6.18 Å². The van der Waals surface area contributed by atoms with Crippen molar-refractivity contribution in [3.63, 3.8) is 0 Å². The van der Waals surface area contributed by atoms with Crippen LogP contribution in [0.15, 0.2) is 72.1 Å². The summed E-state index contributed by atoms with van der Waals surface area (Å²) in [5.41, 5.74) is 0.760. The average Bonchev–Trinajstić information content (AvgIpc) is 3.00. The predicted molar refractivity (Wildman–Crippen MR) is 199 cm³/mol. The molecule has 2 aromatic rings. The standard InChI is InChI=1S/C38H49F3N4O2Si2/c1-36(2,3)48(9,10)46-26-24-45(25-27-47-49(11,12)37(4,5)6)32-22-16-29(17-23-32)14-13-15-33(43-7)35(34(28-42)44-8)30-18-20-31(21-19-30)38(39,40)41/h13-23H,24-27H2,1-6,9-12H3. The third-order valence-corrected chi connectivity index (χ3v) is 18.5. The summed E-state index contributed by atoms with van der Waals surface area (Å²) >= 11 is 0. The highest BCUT2D eigenvalue weighted by Gasteiger charge is 2.38. The number of hydrogen-bond acceptors (Lipinski definition) is 4. The first-order chi connectivity index (χ1) is 22.6. The van der Waals surface area contributed by atoms with Crippen molar-refractivity contribution in [1.82, 2.24) is 0 Å². The van der Waals surface area contributed by atoms with Crippen molar-refractivity contribution >= 4 is 34.0 Å². The fourth-order valence-electron chi connectivity index (χ4n) is 4.22. The molecule has 0 radical (unpaired) electrons. The van der Waals surface area contributed by atoms with Crippen LogP contribution in [-0.2, 0) is 15.0 Å². The number of rotatable bonds is 13. The molecule has 0 atom stereocenters. The summed E-state index contributed by atoms with van der Waals surface area (Å²) in [5.74, 6) is 0. The summed E-state index contributed by atoms with van der Waals surface area (Å²) in [5, 5.41) is 9.77. The molecule has 0 saturated heterocycles. The van der Waals surface area contributed by atoms with Gasteiger partial charge in [-0.3, -0.25) is 0 Å². The van der Waals surface area contributed by atoms with E-state index in [0.29, 0.717) is 26.3 Å². The van der Waals surface area contributed by atoms with Gasteiger partial charge < -0.3 is 13.8 Å². The van der Waals surface area contributed by atoms with Crippen molar-refractivity contribution in [2.24, 2.45) is 0 Å². The smallest absolute Gasteiger partial charge is 0.415 e. The lowest BCUT2D eigenvalue weighted by atomic mass is 9.99. The van der Waals surface area contributed by atoms with Gasteiger partial charge in [0.2, 0.25) is 0 Å². The van der Waals surface area contributed by atoms with E-state index in [-0.39, 0.29) is 32.6 Å². The Morgan fingerprint density at radius 3 is 1.69 bits per heavy atom. The van der Waals surface area contributed by atoms with E-state index in [1.165, 1.54) is 18.2 Å². The summed E-state index contributed by atoms with van der Waals surface area (Å²) < 4.78 is 52.3. The summed E-state index contributed by atoms with van der Waals surface area (Å²) in [6, 6.07) is 13.8. The number of alkyl halides is 3. The molecule has 0 heterocycles. The largest absolute Gasteiger partial charge is 0.416 e. The van der Waals surface area contributed by atoms with Crippen molar-refractivity contribution in [1.29, 1.82) is 5.26 Å². The Hall–Kier alpha value is -3.93. The molecule has 2 aromatic carbocycles. The molecule has 49 heavy (non-hydrogen) atoms. The summed E-state index contributed by atoms with van der Waals surface area (Å²) in [6.45, 7) is 40.1. The molecule has 0 aromatic heterocycles. The molecule has 11 heteroatoms. The van der Waals surface area contributed by atoms with Gasteiger partial charge in [-0.2, -0.15) is 13.2 Å². The normalized spacial score (nSPS) is 13.8. The minimum Gasteiger partial charge on any atom is -0.415 e. The van der Waals surface area contributed by atoms with Crippen LogP contribution in [0.2, 0.25) is 36.3 Å². The molecule has 0 aliphatic rings. The molecule has 0 fully saturated rings. The first-order valence-corrected chi connectivity index (χ1v) is 22.0. The average molecular weight is 707 g/mol. The zero-order valence-corrected chi connectivity index (χ0v) is 32.4. The van der Waals surface area contributed by atoms with Gasteiger partial charge in [-0.25, -0.2) is 15.0 Å². The van der Waals surface area contributed by atoms with Crippen LogP contribution < -0.4 is 4.90 Å². The van der Waals surface area contributed by atoms with Crippen LogP contribution in [0.5, 0.6) is 0 Å². The maximum atomic E-state index is 13.1. The van der Waals surface area contributed by atoms with Crippen LogP contribution >= 0.6 is 0 Å². The van der Waals surface area contributed by atoms with E-state index < -0.39 is 28.4 Å². The first-order valence-electron chi connectivity index (χ1n) is 16.2. The topological polar surface area (TPSA) is 54.2 Å². The number of benzene rings is 2. The van der Waals surface area contributed by atoms with Crippen LogP contribution in [-0.4, -0.2) is 42.9 Å². The maximum absolute atomic E-state index is 13.1. The SMILES string of the molecule is [C-]#[N+]C(=CC=Cc1ccc(N(CCO[Si](C)(C)C(C)(C)C)CCO[Si](C)(C)C(C)(C)C)cc1)C(=C(C#N)[N+]#[C-])c1ccc(C(F)(F)F)cc1. The minimum absolute atomic E-state index is 0.0169. The van der Waals surface area contributed by atoms with Gasteiger partial charge in [0.1, 0.15) is 0 Å². The molecule has 0 N–H and O–H groups in total. The van der Waals surface area contributed by atoms with Crippen molar-refractivity contribution in [3.05, 3.63) is 112 Å². The second-order valence-electron chi connectivity index (χ2n) is 14.8. The number of nitriles is 1. The predicted octanol–water partition coefficient (Wildman–Crippen LogP) is 11.2.